The van der Waals surface area contributed by atoms with Gasteiger partial charge in [0.05, 0.1) is 16.3 Å². The third-order valence-electron chi connectivity index (χ3n) is 4.69. The SMILES string of the molecule is Cc1ccc(C2C(C(=O)Nc3nc4ccccc4s3)OCC(=O)N2C)cc1. The first-order valence-electron chi connectivity index (χ1n) is 8.63. The second-order valence-electron chi connectivity index (χ2n) is 6.57. The lowest BCUT2D eigenvalue weighted by Crippen LogP contribution is -2.51. The molecule has 1 aromatic heterocycles. The van der Waals surface area contributed by atoms with Crippen LogP contribution >= 0.6 is 11.3 Å². The number of hydrogen-bond donors (Lipinski definition) is 1. The van der Waals surface area contributed by atoms with Gasteiger partial charge in [0.15, 0.2) is 11.2 Å². The zero-order valence-corrected chi connectivity index (χ0v) is 15.8. The lowest BCUT2D eigenvalue weighted by molar-refractivity contribution is -0.160. The van der Waals surface area contributed by atoms with Gasteiger partial charge in [0.25, 0.3) is 5.91 Å². The Morgan fingerprint density at radius 2 is 1.96 bits per heavy atom. The topological polar surface area (TPSA) is 71.5 Å². The monoisotopic (exact) mass is 381 g/mol. The minimum atomic E-state index is -0.803. The summed E-state index contributed by atoms with van der Waals surface area (Å²) in [6, 6.07) is 15.0. The molecule has 7 heteroatoms. The minimum Gasteiger partial charge on any atom is -0.356 e. The molecule has 0 bridgehead atoms. The maximum Gasteiger partial charge on any atom is 0.257 e. The van der Waals surface area contributed by atoms with Crippen molar-refractivity contribution < 1.29 is 14.3 Å². The number of carbonyl (C=O) groups is 2. The summed E-state index contributed by atoms with van der Waals surface area (Å²) in [6.45, 7) is 1.88. The van der Waals surface area contributed by atoms with Crippen LogP contribution in [0.3, 0.4) is 0 Å². The summed E-state index contributed by atoms with van der Waals surface area (Å²) in [5.74, 6) is -0.455. The van der Waals surface area contributed by atoms with Gasteiger partial charge in [-0.1, -0.05) is 53.3 Å². The highest BCUT2D eigenvalue weighted by atomic mass is 32.1. The van der Waals surface area contributed by atoms with Gasteiger partial charge < -0.3 is 9.64 Å². The highest BCUT2D eigenvalue weighted by molar-refractivity contribution is 7.22. The van der Waals surface area contributed by atoms with Gasteiger partial charge in [-0.05, 0) is 24.6 Å². The predicted molar refractivity (Wildman–Crippen MR) is 105 cm³/mol. The molecule has 2 unspecified atom stereocenters. The van der Waals surface area contributed by atoms with Gasteiger partial charge >= 0.3 is 0 Å². The van der Waals surface area contributed by atoms with Crippen molar-refractivity contribution in [2.45, 2.75) is 19.1 Å². The number of benzene rings is 2. The molecule has 1 aliphatic heterocycles. The molecule has 2 aromatic carbocycles. The number of para-hydroxylation sites is 1. The van der Waals surface area contributed by atoms with Gasteiger partial charge in [-0.25, -0.2) is 4.98 Å². The molecule has 27 heavy (non-hydrogen) atoms. The summed E-state index contributed by atoms with van der Waals surface area (Å²) < 4.78 is 6.64. The van der Waals surface area contributed by atoms with Gasteiger partial charge in [-0.15, -0.1) is 0 Å². The molecule has 0 aliphatic carbocycles. The summed E-state index contributed by atoms with van der Waals surface area (Å²) in [5, 5.41) is 3.37. The Labute approximate surface area is 160 Å². The number of morpholine rings is 1. The van der Waals surface area contributed by atoms with Gasteiger partial charge in [0.1, 0.15) is 6.61 Å². The first-order chi connectivity index (χ1) is 13.0. The highest BCUT2D eigenvalue weighted by Gasteiger charge is 2.40. The van der Waals surface area contributed by atoms with E-state index in [4.69, 9.17) is 4.74 Å². The molecule has 4 rings (SSSR count). The number of hydrogen-bond acceptors (Lipinski definition) is 5. The Morgan fingerprint density at radius 3 is 2.70 bits per heavy atom. The Morgan fingerprint density at radius 1 is 1.22 bits per heavy atom. The lowest BCUT2D eigenvalue weighted by atomic mass is 9.97. The summed E-state index contributed by atoms with van der Waals surface area (Å²) >= 11 is 1.41. The Balaban J connectivity index is 1.61. The molecule has 6 nitrogen and oxygen atoms in total. The molecular weight excluding hydrogens is 362 g/mol. The van der Waals surface area contributed by atoms with Crippen LogP contribution in [0.25, 0.3) is 10.2 Å². The van der Waals surface area contributed by atoms with Crippen molar-refractivity contribution in [2.75, 3.05) is 19.0 Å². The smallest absolute Gasteiger partial charge is 0.257 e. The van der Waals surface area contributed by atoms with E-state index < -0.39 is 12.1 Å². The van der Waals surface area contributed by atoms with E-state index in [-0.39, 0.29) is 18.4 Å². The summed E-state index contributed by atoms with van der Waals surface area (Å²) in [7, 11) is 1.70. The average molecular weight is 381 g/mol. The molecule has 0 spiro atoms. The number of anilines is 1. The van der Waals surface area contributed by atoms with Crippen LogP contribution in [-0.4, -0.2) is 41.5 Å². The van der Waals surface area contributed by atoms with E-state index in [9.17, 15) is 9.59 Å². The third kappa shape index (κ3) is 3.43. The van der Waals surface area contributed by atoms with E-state index in [0.29, 0.717) is 5.13 Å². The molecule has 1 saturated heterocycles. The number of likely N-dealkylation sites (N-methyl/N-ethyl adjacent to an activating group) is 1. The molecule has 3 aromatic rings. The summed E-state index contributed by atoms with van der Waals surface area (Å²) in [5.41, 5.74) is 2.81. The second-order valence-corrected chi connectivity index (χ2v) is 7.60. The molecule has 138 valence electrons. The number of nitrogens with one attached hydrogen (secondary N) is 1. The predicted octanol–water partition coefficient (Wildman–Crippen LogP) is 3.14. The number of fused-ring (bicyclic) bond motifs is 1. The minimum absolute atomic E-state index is 0.114. The van der Waals surface area contributed by atoms with Crippen molar-refractivity contribution in [1.29, 1.82) is 0 Å². The molecule has 0 saturated carbocycles. The van der Waals surface area contributed by atoms with Crippen molar-refractivity contribution in [2.24, 2.45) is 0 Å². The van der Waals surface area contributed by atoms with Crippen LogP contribution in [0.15, 0.2) is 48.5 Å². The fourth-order valence-corrected chi connectivity index (χ4v) is 4.06. The van der Waals surface area contributed by atoms with Gasteiger partial charge in [0, 0.05) is 7.05 Å². The first-order valence-corrected chi connectivity index (χ1v) is 9.45. The average Bonchev–Trinajstić information content (AvgIpc) is 3.07. The van der Waals surface area contributed by atoms with Crippen LogP contribution in [0.5, 0.6) is 0 Å². The fraction of sp³-hybridized carbons (Fsp3) is 0.250. The van der Waals surface area contributed by atoms with Gasteiger partial charge in [-0.2, -0.15) is 0 Å². The summed E-state index contributed by atoms with van der Waals surface area (Å²) in [6.07, 6.45) is -0.803. The molecule has 1 aliphatic rings. The van der Waals surface area contributed by atoms with Crippen LogP contribution in [0.4, 0.5) is 5.13 Å². The number of aromatic nitrogens is 1. The molecule has 1 fully saturated rings. The van der Waals surface area contributed by atoms with Crippen molar-refractivity contribution >= 4 is 38.5 Å². The lowest BCUT2D eigenvalue weighted by Gasteiger charge is -2.38. The standard InChI is InChI=1S/C20H19N3O3S/c1-12-7-9-13(10-8-12)17-18(26-11-16(24)23(17)2)19(25)22-20-21-14-5-3-4-6-15(14)27-20/h3-10,17-18H,11H2,1-2H3,(H,21,22,25). The van der Waals surface area contributed by atoms with Gasteiger partial charge in [-0.3, -0.25) is 14.9 Å². The van der Waals surface area contributed by atoms with Crippen LogP contribution < -0.4 is 5.32 Å². The Hall–Kier alpha value is -2.77. The van der Waals surface area contributed by atoms with E-state index in [1.54, 1.807) is 11.9 Å². The number of ether oxygens (including phenoxy) is 1. The van der Waals surface area contributed by atoms with Crippen LogP contribution in [0.1, 0.15) is 17.2 Å². The van der Waals surface area contributed by atoms with Crippen molar-refractivity contribution in [3.8, 4) is 0 Å². The number of rotatable bonds is 3. The maximum atomic E-state index is 12.9. The number of carbonyl (C=O) groups excluding carboxylic acids is 2. The number of amides is 2. The number of nitrogens with zero attached hydrogens (tertiary/aromatic N) is 2. The zero-order chi connectivity index (χ0) is 19.0. The first kappa shape index (κ1) is 17.6. The molecule has 2 heterocycles. The molecule has 2 atom stereocenters. The van der Waals surface area contributed by atoms with Crippen LogP contribution in [0.2, 0.25) is 0 Å². The van der Waals surface area contributed by atoms with E-state index >= 15 is 0 Å². The van der Waals surface area contributed by atoms with E-state index in [1.807, 2.05) is 55.5 Å². The fourth-order valence-electron chi connectivity index (χ4n) is 3.20. The number of aryl methyl sites for hydroxylation is 1. The Kier molecular flexibility index (Phi) is 4.63. The third-order valence-corrected chi connectivity index (χ3v) is 5.64. The maximum absolute atomic E-state index is 12.9. The van der Waals surface area contributed by atoms with E-state index in [2.05, 4.69) is 10.3 Å². The summed E-state index contributed by atoms with van der Waals surface area (Å²) in [4.78, 5) is 31.1. The largest absolute Gasteiger partial charge is 0.356 e. The van der Waals surface area contributed by atoms with Crippen molar-refractivity contribution in [3.05, 3.63) is 59.7 Å². The normalized spacial score (nSPS) is 20.1. The van der Waals surface area contributed by atoms with E-state index in [1.165, 1.54) is 11.3 Å². The van der Waals surface area contributed by atoms with Crippen LogP contribution in [-0.2, 0) is 14.3 Å². The van der Waals surface area contributed by atoms with Crippen molar-refractivity contribution in [1.82, 2.24) is 9.88 Å². The highest BCUT2D eigenvalue weighted by Crippen LogP contribution is 2.31. The molecular formula is C20H19N3O3S. The van der Waals surface area contributed by atoms with Crippen LogP contribution in [0, 0.1) is 6.92 Å². The quantitative estimate of drug-likeness (QED) is 0.757. The van der Waals surface area contributed by atoms with Crippen molar-refractivity contribution in [3.63, 3.8) is 0 Å². The zero-order valence-electron chi connectivity index (χ0n) is 15.0. The molecule has 0 radical (unpaired) electrons. The number of thiazole rings is 1. The second kappa shape index (κ2) is 7.09. The van der Waals surface area contributed by atoms with Gasteiger partial charge in [0.2, 0.25) is 5.91 Å². The Bertz CT molecular complexity index is 966. The molecule has 1 N–H and O–H groups in total. The molecule has 2 amide bonds. The van der Waals surface area contributed by atoms with E-state index in [0.717, 1.165) is 21.3 Å².